The van der Waals surface area contributed by atoms with Crippen LogP contribution >= 0.6 is 0 Å². The van der Waals surface area contributed by atoms with Crippen LogP contribution in [0.3, 0.4) is 0 Å². The lowest BCUT2D eigenvalue weighted by molar-refractivity contribution is 0.185. The van der Waals surface area contributed by atoms with Gasteiger partial charge in [-0.05, 0) is 37.7 Å². The van der Waals surface area contributed by atoms with Crippen LogP contribution in [0.2, 0.25) is 0 Å². The molecule has 3 nitrogen and oxygen atoms in total. The zero-order valence-corrected chi connectivity index (χ0v) is 11.1. The Labute approximate surface area is 108 Å². The van der Waals surface area contributed by atoms with Crippen molar-refractivity contribution in [3.05, 3.63) is 47.7 Å². The topological polar surface area (TPSA) is 34.4 Å². The highest BCUT2D eigenvalue weighted by atomic mass is 16.5. The Morgan fingerprint density at radius 2 is 2.11 bits per heavy atom. The summed E-state index contributed by atoms with van der Waals surface area (Å²) < 4.78 is 11.0. The van der Waals surface area contributed by atoms with Crippen LogP contribution in [0.5, 0.6) is 0 Å². The van der Waals surface area contributed by atoms with E-state index in [0.29, 0.717) is 6.61 Å². The first kappa shape index (κ1) is 12.9. The Morgan fingerprint density at radius 3 is 2.83 bits per heavy atom. The molecule has 0 saturated heterocycles. The Balaban J connectivity index is 2.25. The molecule has 18 heavy (non-hydrogen) atoms. The van der Waals surface area contributed by atoms with Gasteiger partial charge in [-0.2, -0.15) is 0 Å². The number of ether oxygens (including phenoxy) is 1. The number of benzene rings is 1. The molecule has 3 heteroatoms. The zero-order chi connectivity index (χ0) is 13.0. The second-order valence-corrected chi connectivity index (χ2v) is 4.35. The van der Waals surface area contributed by atoms with Gasteiger partial charge in [-0.25, -0.2) is 0 Å². The number of furan rings is 1. The maximum Gasteiger partial charge on any atom is 0.134 e. The van der Waals surface area contributed by atoms with Crippen LogP contribution in [0.1, 0.15) is 24.3 Å². The van der Waals surface area contributed by atoms with Gasteiger partial charge in [0.2, 0.25) is 0 Å². The van der Waals surface area contributed by atoms with Gasteiger partial charge in [0.1, 0.15) is 11.5 Å². The minimum absolute atomic E-state index is 0.223. The molecule has 0 aliphatic carbocycles. The van der Waals surface area contributed by atoms with Crippen LogP contribution in [-0.4, -0.2) is 14.2 Å². The van der Waals surface area contributed by atoms with Crippen molar-refractivity contribution in [2.24, 2.45) is 0 Å². The third-order valence-electron chi connectivity index (χ3n) is 3.01. The fourth-order valence-electron chi connectivity index (χ4n) is 1.86. The van der Waals surface area contributed by atoms with Gasteiger partial charge in [-0.15, -0.1) is 0 Å². The van der Waals surface area contributed by atoms with Gasteiger partial charge >= 0.3 is 0 Å². The summed E-state index contributed by atoms with van der Waals surface area (Å²) in [6, 6.07) is 12.5. The van der Waals surface area contributed by atoms with Crippen molar-refractivity contribution in [3.63, 3.8) is 0 Å². The van der Waals surface area contributed by atoms with Gasteiger partial charge in [0.15, 0.2) is 0 Å². The van der Waals surface area contributed by atoms with Gasteiger partial charge in [0.05, 0.1) is 12.6 Å². The molecule has 0 saturated carbocycles. The normalized spacial score (nSPS) is 12.6. The van der Waals surface area contributed by atoms with E-state index < -0.39 is 0 Å². The van der Waals surface area contributed by atoms with E-state index in [9.17, 15) is 0 Å². The molecule has 1 N–H and O–H groups in total. The Bertz CT molecular complexity index is 505. The highest BCUT2D eigenvalue weighted by Gasteiger charge is 2.09. The van der Waals surface area contributed by atoms with Gasteiger partial charge in [-0.1, -0.05) is 18.2 Å². The van der Waals surface area contributed by atoms with E-state index in [1.54, 1.807) is 7.11 Å². The average molecular weight is 245 g/mol. The predicted octanol–water partition coefficient (Wildman–Crippen LogP) is 3.37. The molecule has 0 aliphatic rings. The average Bonchev–Trinajstić information content (AvgIpc) is 2.88. The first-order valence-electron chi connectivity index (χ1n) is 6.10. The molecule has 2 rings (SSSR count). The lowest BCUT2D eigenvalue weighted by atomic mass is 10.1. The third-order valence-corrected chi connectivity index (χ3v) is 3.01. The summed E-state index contributed by atoms with van der Waals surface area (Å²) in [5, 5.41) is 3.16. The van der Waals surface area contributed by atoms with Gasteiger partial charge < -0.3 is 14.5 Å². The monoisotopic (exact) mass is 245 g/mol. The van der Waals surface area contributed by atoms with Crippen LogP contribution in [0.25, 0.3) is 11.3 Å². The summed E-state index contributed by atoms with van der Waals surface area (Å²) in [6.07, 6.45) is 0. The quantitative estimate of drug-likeness (QED) is 0.877. The van der Waals surface area contributed by atoms with Crippen molar-refractivity contribution in [1.29, 1.82) is 0 Å². The van der Waals surface area contributed by atoms with E-state index in [4.69, 9.17) is 9.15 Å². The fraction of sp³-hybridized carbons (Fsp3) is 0.333. The van der Waals surface area contributed by atoms with Crippen molar-refractivity contribution >= 4 is 0 Å². The molecule has 1 aromatic carbocycles. The van der Waals surface area contributed by atoms with Gasteiger partial charge in [-0.3, -0.25) is 0 Å². The summed E-state index contributed by atoms with van der Waals surface area (Å²) in [6.45, 7) is 2.69. The SMILES string of the molecule is CNC(C)c1ccc(-c2cccc(COC)c2)o1. The lowest BCUT2D eigenvalue weighted by Gasteiger charge is -2.06. The summed E-state index contributed by atoms with van der Waals surface area (Å²) in [5.41, 5.74) is 2.23. The molecule has 0 amide bonds. The van der Waals surface area contributed by atoms with Gasteiger partial charge in [0, 0.05) is 12.7 Å². The molecule has 96 valence electrons. The number of rotatable bonds is 5. The van der Waals surface area contributed by atoms with Crippen molar-refractivity contribution in [3.8, 4) is 11.3 Å². The first-order valence-corrected chi connectivity index (χ1v) is 6.10. The highest BCUT2D eigenvalue weighted by Crippen LogP contribution is 2.25. The van der Waals surface area contributed by atoms with E-state index in [0.717, 1.165) is 22.6 Å². The predicted molar refractivity (Wildman–Crippen MR) is 72.3 cm³/mol. The maximum atomic E-state index is 5.85. The van der Waals surface area contributed by atoms with Crippen molar-refractivity contribution in [1.82, 2.24) is 5.32 Å². The Morgan fingerprint density at radius 1 is 1.28 bits per heavy atom. The van der Waals surface area contributed by atoms with E-state index in [1.165, 1.54) is 0 Å². The molecule has 0 radical (unpaired) electrons. The van der Waals surface area contributed by atoms with E-state index >= 15 is 0 Å². The third kappa shape index (κ3) is 2.81. The maximum absolute atomic E-state index is 5.85. The summed E-state index contributed by atoms with van der Waals surface area (Å²) >= 11 is 0. The lowest BCUT2D eigenvalue weighted by Crippen LogP contribution is -2.10. The Kier molecular flexibility index (Phi) is 4.18. The van der Waals surface area contributed by atoms with Crippen LogP contribution in [0, 0.1) is 0 Å². The molecule has 1 aromatic heterocycles. The fourth-order valence-corrected chi connectivity index (χ4v) is 1.86. The Hall–Kier alpha value is -1.58. The van der Waals surface area contributed by atoms with Gasteiger partial charge in [0.25, 0.3) is 0 Å². The standard InChI is InChI=1S/C15H19NO2/c1-11(16-2)14-7-8-15(18-14)13-6-4-5-12(9-13)10-17-3/h4-9,11,16H,10H2,1-3H3. The van der Waals surface area contributed by atoms with Crippen molar-refractivity contribution in [2.45, 2.75) is 19.6 Å². The molecule has 0 aliphatic heterocycles. The van der Waals surface area contributed by atoms with E-state index in [2.05, 4.69) is 18.3 Å². The van der Waals surface area contributed by atoms with Crippen LogP contribution in [0.4, 0.5) is 0 Å². The second kappa shape index (κ2) is 5.85. The minimum Gasteiger partial charge on any atom is -0.459 e. The molecule has 1 atom stereocenters. The number of nitrogens with one attached hydrogen (secondary N) is 1. The van der Waals surface area contributed by atoms with E-state index in [-0.39, 0.29) is 6.04 Å². The van der Waals surface area contributed by atoms with Crippen LogP contribution in [0.15, 0.2) is 40.8 Å². The van der Waals surface area contributed by atoms with E-state index in [1.807, 2.05) is 37.4 Å². The largest absolute Gasteiger partial charge is 0.459 e. The summed E-state index contributed by atoms with van der Waals surface area (Å²) in [5.74, 6) is 1.84. The molecule has 0 spiro atoms. The molecule has 1 heterocycles. The van der Waals surface area contributed by atoms with Crippen LogP contribution in [-0.2, 0) is 11.3 Å². The first-order chi connectivity index (χ1) is 8.74. The number of hydrogen-bond acceptors (Lipinski definition) is 3. The zero-order valence-electron chi connectivity index (χ0n) is 11.1. The second-order valence-electron chi connectivity index (χ2n) is 4.35. The molecule has 2 aromatic rings. The highest BCUT2D eigenvalue weighted by molar-refractivity contribution is 5.58. The molecule has 1 unspecified atom stereocenters. The van der Waals surface area contributed by atoms with Crippen LogP contribution < -0.4 is 5.32 Å². The molecule has 0 bridgehead atoms. The minimum atomic E-state index is 0.223. The summed E-state index contributed by atoms with van der Waals surface area (Å²) in [4.78, 5) is 0. The summed E-state index contributed by atoms with van der Waals surface area (Å²) in [7, 11) is 3.62. The molecule has 0 fully saturated rings. The molecular formula is C15H19NO2. The number of methoxy groups -OCH3 is 1. The van der Waals surface area contributed by atoms with Crippen molar-refractivity contribution < 1.29 is 9.15 Å². The molecular weight excluding hydrogens is 226 g/mol. The number of hydrogen-bond donors (Lipinski definition) is 1. The van der Waals surface area contributed by atoms with Crippen molar-refractivity contribution in [2.75, 3.05) is 14.2 Å². The smallest absolute Gasteiger partial charge is 0.134 e.